The highest BCUT2D eigenvalue weighted by molar-refractivity contribution is 5.40. The lowest BCUT2D eigenvalue weighted by atomic mass is 9.78. The molecule has 1 nitrogen and oxygen atoms in total. The Balaban J connectivity index is 2.29. The third-order valence-electron chi connectivity index (χ3n) is 4.78. The Morgan fingerprint density at radius 2 is 1.65 bits per heavy atom. The minimum Gasteiger partial charge on any atom is -0.310 e. The van der Waals surface area contributed by atoms with Gasteiger partial charge in [-0.25, -0.2) is 0 Å². The van der Waals surface area contributed by atoms with Gasteiger partial charge in [-0.2, -0.15) is 0 Å². The molecule has 1 aliphatic rings. The molecule has 0 spiro atoms. The van der Waals surface area contributed by atoms with E-state index in [0.29, 0.717) is 6.04 Å². The molecule has 1 saturated carbocycles. The number of rotatable bonds is 5. The van der Waals surface area contributed by atoms with Gasteiger partial charge in [0.15, 0.2) is 0 Å². The quantitative estimate of drug-likeness (QED) is 0.774. The zero-order valence-corrected chi connectivity index (χ0v) is 13.8. The average Bonchev–Trinajstić information content (AvgIpc) is 2.42. The van der Waals surface area contributed by atoms with E-state index in [4.69, 9.17) is 0 Å². The van der Waals surface area contributed by atoms with E-state index >= 15 is 0 Å². The molecule has 0 aliphatic heterocycles. The SMILES string of the molecule is CCCNC(c1c(C)cc(C)cc1C)C1CCCCC1. The molecule has 0 saturated heterocycles. The first-order chi connectivity index (χ1) is 9.63. The molecule has 112 valence electrons. The van der Waals surface area contributed by atoms with Gasteiger partial charge in [0.05, 0.1) is 0 Å². The van der Waals surface area contributed by atoms with E-state index in [1.807, 2.05) is 0 Å². The summed E-state index contributed by atoms with van der Waals surface area (Å²) in [5, 5.41) is 3.86. The van der Waals surface area contributed by atoms with Gasteiger partial charge in [-0.05, 0) is 69.2 Å². The fourth-order valence-electron chi connectivity index (χ4n) is 3.95. The van der Waals surface area contributed by atoms with Crippen LogP contribution in [0.3, 0.4) is 0 Å². The summed E-state index contributed by atoms with van der Waals surface area (Å²) in [5.74, 6) is 0.829. The first kappa shape index (κ1) is 15.6. The monoisotopic (exact) mass is 273 g/mol. The van der Waals surface area contributed by atoms with Gasteiger partial charge in [0.25, 0.3) is 0 Å². The van der Waals surface area contributed by atoms with Gasteiger partial charge >= 0.3 is 0 Å². The van der Waals surface area contributed by atoms with Gasteiger partial charge in [0.1, 0.15) is 0 Å². The van der Waals surface area contributed by atoms with Crippen LogP contribution in [0.5, 0.6) is 0 Å². The second-order valence-electron chi connectivity index (χ2n) is 6.64. The second kappa shape index (κ2) is 7.26. The number of aryl methyl sites for hydroxylation is 3. The van der Waals surface area contributed by atoms with Gasteiger partial charge in [0.2, 0.25) is 0 Å². The molecule has 1 unspecified atom stereocenters. The first-order valence-corrected chi connectivity index (χ1v) is 8.44. The fourth-order valence-corrected chi connectivity index (χ4v) is 3.95. The fraction of sp³-hybridized carbons (Fsp3) is 0.684. The zero-order chi connectivity index (χ0) is 14.5. The molecule has 0 heterocycles. The summed E-state index contributed by atoms with van der Waals surface area (Å²) in [6.45, 7) is 10.2. The minimum atomic E-state index is 0.566. The normalized spacial score (nSPS) is 18.2. The molecule has 1 atom stereocenters. The van der Waals surface area contributed by atoms with Crippen LogP contribution in [-0.2, 0) is 0 Å². The molecule has 1 aromatic rings. The van der Waals surface area contributed by atoms with Gasteiger partial charge in [-0.3, -0.25) is 0 Å². The maximum absolute atomic E-state index is 3.86. The van der Waals surface area contributed by atoms with Crippen molar-refractivity contribution >= 4 is 0 Å². The molecule has 1 aromatic carbocycles. The van der Waals surface area contributed by atoms with Crippen molar-refractivity contribution in [3.8, 4) is 0 Å². The van der Waals surface area contributed by atoms with Crippen molar-refractivity contribution in [2.24, 2.45) is 5.92 Å². The summed E-state index contributed by atoms with van der Waals surface area (Å²) in [7, 11) is 0. The van der Waals surface area contributed by atoms with Crippen molar-refractivity contribution in [1.29, 1.82) is 0 Å². The van der Waals surface area contributed by atoms with Crippen LogP contribution >= 0.6 is 0 Å². The molecule has 2 rings (SSSR count). The predicted molar refractivity (Wildman–Crippen MR) is 88.3 cm³/mol. The molecule has 20 heavy (non-hydrogen) atoms. The van der Waals surface area contributed by atoms with E-state index in [1.165, 1.54) is 55.2 Å². The van der Waals surface area contributed by atoms with Crippen LogP contribution in [0.15, 0.2) is 12.1 Å². The van der Waals surface area contributed by atoms with E-state index in [1.54, 1.807) is 5.56 Å². The molecular weight excluding hydrogens is 242 g/mol. The van der Waals surface area contributed by atoms with Crippen LogP contribution in [0.1, 0.15) is 73.7 Å². The minimum absolute atomic E-state index is 0.566. The number of benzene rings is 1. The molecule has 0 aromatic heterocycles. The van der Waals surface area contributed by atoms with Gasteiger partial charge < -0.3 is 5.32 Å². The first-order valence-electron chi connectivity index (χ1n) is 8.44. The highest BCUT2D eigenvalue weighted by atomic mass is 14.9. The maximum atomic E-state index is 3.86. The van der Waals surface area contributed by atoms with E-state index in [-0.39, 0.29) is 0 Å². The summed E-state index contributed by atoms with van der Waals surface area (Å²) in [6, 6.07) is 5.27. The summed E-state index contributed by atoms with van der Waals surface area (Å²) in [4.78, 5) is 0. The van der Waals surface area contributed by atoms with E-state index in [2.05, 4.69) is 45.1 Å². The molecule has 0 amide bonds. The lowest BCUT2D eigenvalue weighted by molar-refractivity contribution is 0.270. The van der Waals surface area contributed by atoms with Gasteiger partial charge in [-0.1, -0.05) is 43.9 Å². The maximum Gasteiger partial charge on any atom is 0.0353 e. The third-order valence-corrected chi connectivity index (χ3v) is 4.78. The van der Waals surface area contributed by atoms with Crippen molar-refractivity contribution in [2.75, 3.05) is 6.54 Å². The number of nitrogens with one attached hydrogen (secondary N) is 1. The van der Waals surface area contributed by atoms with Crippen LogP contribution in [0.25, 0.3) is 0 Å². The summed E-state index contributed by atoms with van der Waals surface area (Å²) in [5.41, 5.74) is 5.92. The Labute approximate surface area is 125 Å². The standard InChI is InChI=1S/C19H31N/c1-5-11-20-19(17-9-7-6-8-10-17)18-15(3)12-14(2)13-16(18)4/h12-13,17,19-20H,5-11H2,1-4H3. The summed E-state index contributed by atoms with van der Waals surface area (Å²) in [6.07, 6.45) is 8.27. The van der Waals surface area contributed by atoms with Crippen LogP contribution in [-0.4, -0.2) is 6.54 Å². The lowest BCUT2D eigenvalue weighted by Gasteiger charge is -2.33. The number of hydrogen-bond acceptors (Lipinski definition) is 1. The van der Waals surface area contributed by atoms with Gasteiger partial charge in [-0.15, -0.1) is 0 Å². The highest BCUT2D eigenvalue weighted by Crippen LogP contribution is 2.37. The van der Waals surface area contributed by atoms with E-state index in [9.17, 15) is 0 Å². The van der Waals surface area contributed by atoms with Crippen LogP contribution in [0.2, 0.25) is 0 Å². The average molecular weight is 273 g/mol. The number of hydrogen-bond donors (Lipinski definition) is 1. The Hall–Kier alpha value is -0.820. The topological polar surface area (TPSA) is 12.0 Å². The lowest BCUT2D eigenvalue weighted by Crippen LogP contribution is -2.31. The summed E-state index contributed by atoms with van der Waals surface area (Å²) >= 11 is 0. The van der Waals surface area contributed by atoms with Crippen molar-refractivity contribution in [1.82, 2.24) is 5.32 Å². The Kier molecular flexibility index (Phi) is 5.65. The predicted octanol–water partition coefficient (Wildman–Crippen LogP) is 5.23. The molecule has 0 bridgehead atoms. The third kappa shape index (κ3) is 3.63. The zero-order valence-electron chi connectivity index (χ0n) is 13.8. The van der Waals surface area contributed by atoms with E-state index in [0.717, 1.165) is 12.5 Å². The van der Waals surface area contributed by atoms with Crippen LogP contribution in [0.4, 0.5) is 0 Å². The summed E-state index contributed by atoms with van der Waals surface area (Å²) < 4.78 is 0. The Morgan fingerprint density at radius 1 is 1.05 bits per heavy atom. The smallest absolute Gasteiger partial charge is 0.0353 e. The Morgan fingerprint density at radius 3 is 2.20 bits per heavy atom. The molecule has 1 aliphatic carbocycles. The van der Waals surface area contributed by atoms with Crippen molar-refractivity contribution in [2.45, 2.75) is 72.3 Å². The Bertz CT molecular complexity index is 406. The van der Waals surface area contributed by atoms with Crippen molar-refractivity contribution in [3.63, 3.8) is 0 Å². The molecular formula is C19H31N. The van der Waals surface area contributed by atoms with Crippen LogP contribution in [0, 0.1) is 26.7 Å². The van der Waals surface area contributed by atoms with Gasteiger partial charge in [0, 0.05) is 6.04 Å². The highest BCUT2D eigenvalue weighted by Gasteiger charge is 2.26. The van der Waals surface area contributed by atoms with E-state index < -0.39 is 0 Å². The van der Waals surface area contributed by atoms with Crippen molar-refractivity contribution in [3.05, 3.63) is 34.4 Å². The molecule has 0 radical (unpaired) electrons. The molecule has 1 heteroatoms. The van der Waals surface area contributed by atoms with Crippen molar-refractivity contribution < 1.29 is 0 Å². The molecule has 1 fully saturated rings. The van der Waals surface area contributed by atoms with Crippen LogP contribution < -0.4 is 5.32 Å². The molecule has 1 N–H and O–H groups in total. The largest absolute Gasteiger partial charge is 0.310 e. The second-order valence-corrected chi connectivity index (χ2v) is 6.64.